The summed E-state index contributed by atoms with van der Waals surface area (Å²) in [5, 5.41) is 9.65. The van der Waals surface area contributed by atoms with E-state index >= 15 is 0 Å². The largest absolute Gasteiger partial charge is 0.480 e. The Morgan fingerprint density at radius 2 is 2.00 bits per heavy atom. The minimum Gasteiger partial charge on any atom is -0.480 e. The zero-order valence-electron chi connectivity index (χ0n) is 10.0. The molecule has 0 aromatic heterocycles. The van der Waals surface area contributed by atoms with Crippen LogP contribution in [0.2, 0.25) is 5.02 Å². The summed E-state index contributed by atoms with van der Waals surface area (Å²) in [5.41, 5.74) is -0.369. The molecule has 1 aromatic carbocycles. The van der Waals surface area contributed by atoms with Crippen LogP contribution >= 0.6 is 11.6 Å². The first-order valence-electron chi connectivity index (χ1n) is 5.70. The van der Waals surface area contributed by atoms with E-state index in [-0.39, 0.29) is 5.91 Å². The lowest BCUT2D eigenvalue weighted by atomic mass is 10.1. The standard InChI is InChI=1S/C13H14ClNO3/c1-15(8-9-4-2-3-5-10(9)14)11(16)13(6-7-13)12(17)18/h2-5H,6-8H2,1H3,(H,17,18). The van der Waals surface area contributed by atoms with Crippen LogP contribution in [0.15, 0.2) is 24.3 Å². The van der Waals surface area contributed by atoms with Crippen LogP contribution < -0.4 is 0 Å². The molecule has 5 heteroatoms. The Morgan fingerprint density at radius 3 is 2.50 bits per heavy atom. The summed E-state index contributed by atoms with van der Waals surface area (Å²) >= 11 is 6.01. The molecule has 0 radical (unpaired) electrons. The van der Waals surface area contributed by atoms with Crippen LogP contribution in [0.25, 0.3) is 0 Å². The van der Waals surface area contributed by atoms with Gasteiger partial charge in [-0.15, -0.1) is 0 Å². The Kier molecular flexibility index (Phi) is 3.30. The number of rotatable bonds is 4. The molecule has 0 unspecified atom stereocenters. The van der Waals surface area contributed by atoms with Crippen LogP contribution in [0.4, 0.5) is 0 Å². The predicted octanol–water partition coefficient (Wildman–Crippen LogP) is 2.16. The van der Waals surface area contributed by atoms with Gasteiger partial charge in [0.05, 0.1) is 0 Å². The van der Waals surface area contributed by atoms with Gasteiger partial charge in [0.25, 0.3) is 0 Å². The summed E-state index contributed by atoms with van der Waals surface area (Å²) in [4.78, 5) is 24.6. The molecule has 1 aliphatic rings. The lowest BCUT2D eigenvalue weighted by Gasteiger charge is -2.21. The Morgan fingerprint density at radius 1 is 1.39 bits per heavy atom. The van der Waals surface area contributed by atoms with E-state index in [1.54, 1.807) is 13.1 Å². The minimum atomic E-state index is -1.18. The number of halogens is 1. The molecule has 0 bridgehead atoms. The monoisotopic (exact) mass is 267 g/mol. The van der Waals surface area contributed by atoms with E-state index in [1.165, 1.54) is 4.90 Å². The SMILES string of the molecule is CN(Cc1ccccc1Cl)C(=O)C1(C(=O)O)CC1. The van der Waals surface area contributed by atoms with Crippen LogP contribution in [-0.4, -0.2) is 28.9 Å². The van der Waals surface area contributed by atoms with E-state index in [1.807, 2.05) is 18.2 Å². The van der Waals surface area contributed by atoms with Crippen molar-refractivity contribution in [3.63, 3.8) is 0 Å². The number of carboxylic acids is 1. The summed E-state index contributed by atoms with van der Waals surface area (Å²) in [6, 6.07) is 7.22. The lowest BCUT2D eigenvalue weighted by Crippen LogP contribution is -2.38. The second kappa shape index (κ2) is 4.61. The van der Waals surface area contributed by atoms with Gasteiger partial charge in [-0.05, 0) is 24.5 Å². The highest BCUT2D eigenvalue weighted by Crippen LogP contribution is 2.47. The van der Waals surface area contributed by atoms with Gasteiger partial charge in [0.1, 0.15) is 5.41 Å². The minimum absolute atomic E-state index is 0.327. The van der Waals surface area contributed by atoms with Gasteiger partial charge in [-0.25, -0.2) is 0 Å². The van der Waals surface area contributed by atoms with Gasteiger partial charge < -0.3 is 10.0 Å². The highest BCUT2D eigenvalue weighted by molar-refractivity contribution is 6.31. The van der Waals surface area contributed by atoms with Crippen molar-refractivity contribution in [2.45, 2.75) is 19.4 Å². The maximum Gasteiger partial charge on any atom is 0.319 e. The highest BCUT2D eigenvalue weighted by atomic mass is 35.5. The van der Waals surface area contributed by atoms with Crippen molar-refractivity contribution in [2.75, 3.05) is 7.05 Å². The van der Waals surface area contributed by atoms with E-state index in [2.05, 4.69) is 0 Å². The molecule has 1 saturated carbocycles. The van der Waals surface area contributed by atoms with Crippen LogP contribution in [0.3, 0.4) is 0 Å². The zero-order valence-corrected chi connectivity index (χ0v) is 10.8. The van der Waals surface area contributed by atoms with Gasteiger partial charge in [-0.3, -0.25) is 9.59 Å². The second-order valence-corrected chi connectivity index (χ2v) is 5.05. The Balaban J connectivity index is 2.10. The molecule has 0 atom stereocenters. The summed E-state index contributed by atoms with van der Waals surface area (Å²) in [7, 11) is 1.61. The number of amides is 1. The van der Waals surface area contributed by atoms with Crippen molar-refractivity contribution >= 4 is 23.5 Å². The molecule has 18 heavy (non-hydrogen) atoms. The van der Waals surface area contributed by atoms with Gasteiger partial charge in [0.15, 0.2) is 0 Å². The summed E-state index contributed by atoms with van der Waals surface area (Å²) in [6.45, 7) is 0.327. The molecule has 1 N–H and O–H groups in total. The summed E-state index contributed by atoms with van der Waals surface area (Å²) < 4.78 is 0. The van der Waals surface area contributed by atoms with Crippen molar-refractivity contribution in [1.82, 2.24) is 4.90 Å². The van der Waals surface area contributed by atoms with Crippen molar-refractivity contribution < 1.29 is 14.7 Å². The maximum atomic E-state index is 12.1. The third-order valence-electron chi connectivity index (χ3n) is 3.28. The number of carboxylic acid groups (broad SMARTS) is 1. The van der Waals surface area contributed by atoms with Gasteiger partial charge >= 0.3 is 5.97 Å². The zero-order chi connectivity index (χ0) is 13.3. The number of aliphatic carboxylic acids is 1. The Bertz CT molecular complexity index is 497. The quantitative estimate of drug-likeness (QED) is 0.851. The summed E-state index contributed by atoms with van der Waals surface area (Å²) in [5.74, 6) is -1.37. The number of hydrogen-bond acceptors (Lipinski definition) is 2. The first-order chi connectivity index (χ1) is 8.47. The first kappa shape index (κ1) is 12.9. The van der Waals surface area contributed by atoms with Crippen molar-refractivity contribution in [1.29, 1.82) is 0 Å². The van der Waals surface area contributed by atoms with E-state index < -0.39 is 11.4 Å². The number of nitrogens with zero attached hydrogens (tertiary/aromatic N) is 1. The Labute approximate surface area is 110 Å². The number of benzene rings is 1. The molecule has 2 rings (SSSR count). The fourth-order valence-electron chi connectivity index (χ4n) is 1.96. The van der Waals surface area contributed by atoms with Crippen LogP contribution in [-0.2, 0) is 16.1 Å². The molecule has 1 amide bonds. The highest BCUT2D eigenvalue weighted by Gasteiger charge is 2.58. The van der Waals surface area contributed by atoms with Gasteiger partial charge in [-0.2, -0.15) is 0 Å². The van der Waals surface area contributed by atoms with E-state index in [9.17, 15) is 9.59 Å². The molecule has 0 aliphatic heterocycles. The van der Waals surface area contributed by atoms with E-state index in [0.717, 1.165) is 5.56 Å². The van der Waals surface area contributed by atoms with Crippen LogP contribution in [0.1, 0.15) is 18.4 Å². The van der Waals surface area contributed by atoms with Gasteiger partial charge in [-0.1, -0.05) is 29.8 Å². The predicted molar refractivity (Wildman–Crippen MR) is 67.2 cm³/mol. The average molecular weight is 268 g/mol. The van der Waals surface area contributed by atoms with Crippen molar-refractivity contribution in [2.24, 2.45) is 5.41 Å². The molecule has 0 spiro atoms. The number of carbonyl (C=O) groups is 2. The molecule has 1 aliphatic carbocycles. The van der Waals surface area contributed by atoms with Crippen LogP contribution in [0, 0.1) is 5.41 Å². The molecular formula is C13H14ClNO3. The maximum absolute atomic E-state index is 12.1. The van der Waals surface area contributed by atoms with Crippen molar-refractivity contribution in [3.8, 4) is 0 Å². The van der Waals surface area contributed by atoms with Gasteiger partial charge in [0, 0.05) is 18.6 Å². The smallest absolute Gasteiger partial charge is 0.319 e. The molecule has 0 saturated heterocycles. The molecule has 0 heterocycles. The normalized spacial score (nSPS) is 16.1. The summed E-state index contributed by atoms with van der Waals surface area (Å²) in [6.07, 6.45) is 0.849. The second-order valence-electron chi connectivity index (χ2n) is 4.64. The first-order valence-corrected chi connectivity index (χ1v) is 6.07. The van der Waals surface area contributed by atoms with E-state index in [0.29, 0.717) is 24.4 Å². The van der Waals surface area contributed by atoms with Crippen LogP contribution in [0.5, 0.6) is 0 Å². The fourth-order valence-corrected chi connectivity index (χ4v) is 2.16. The number of carbonyl (C=O) groups excluding carboxylic acids is 1. The average Bonchev–Trinajstić information content (AvgIpc) is 3.12. The molecule has 1 fully saturated rings. The number of hydrogen-bond donors (Lipinski definition) is 1. The molecule has 96 valence electrons. The third-order valence-corrected chi connectivity index (χ3v) is 3.65. The Hall–Kier alpha value is -1.55. The third kappa shape index (κ3) is 2.20. The van der Waals surface area contributed by atoms with Crippen molar-refractivity contribution in [3.05, 3.63) is 34.9 Å². The fraction of sp³-hybridized carbons (Fsp3) is 0.385. The van der Waals surface area contributed by atoms with Gasteiger partial charge in [0.2, 0.25) is 5.91 Å². The molecule has 4 nitrogen and oxygen atoms in total. The molecule has 1 aromatic rings. The topological polar surface area (TPSA) is 57.6 Å². The molecular weight excluding hydrogens is 254 g/mol. The van der Waals surface area contributed by atoms with E-state index in [4.69, 9.17) is 16.7 Å². The lowest BCUT2D eigenvalue weighted by molar-refractivity contribution is -0.153.